The summed E-state index contributed by atoms with van der Waals surface area (Å²) in [5.74, 6) is -0.123. The van der Waals surface area contributed by atoms with Gasteiger partial charge in [0, 0.05) is 18.8 Å². The number of ether oxygens (including phenoxy) is 2. The molecule has 0 amide bonds. The summed E-state index contributed by atoms with van der Waals surface area (Å²) in [6, 6.07) is 0. The van der Waals surface area contributed by atoms with E-state index >= 15 is 0 Å². The molecule has 0 bridgehead atoms. The zero-order valence-corrected chi connectivity index (χ0v) is 12.3. The number of aromatic amines is 1. The third-order valence-corrected chi connectivity index (χ3v) is 1.40. The third kappa shape index (κ3) is 21.9. The summed E-state index contributed by atoms with van der Waals surface area (Å²) in [5, 5.41) is 0. The van der Waals surface area contributed by atoms with Crippen molar-refractivity contribution in [3.8, 4) is 0 Å². The van der Waals surface area contributed by atoms with Gasteiger partial charge < -0.3 is 14.5 Å². The van der Waals surface area contributed by atoms with Gasteiger partial charge in [-0.1, -0.05) is 6.92 Å². The first-order chi connectivity index (χ1) is 8.87. The number of nitrogens with zero attached hydrogens (tertiary/aromatic N) is 1. The predicted octanol–water partition coefficient (Wildman–Crippen LogP) is 2.33. The van der Waals surface area contributed by atoms with E-state index in [1.807, 2.05) is 20.8 Å². The van der Waals surface area contributed by atoms with Gasteiger partial charge in [-0.3, -0.25) is 9.59 Å². The van der Waals surface area contributed by atoms with Crippen molar-refractivity contribution >= 4 is 12.4 Å². The maximum atomic E-state index is 10.2. The molecule has 0 fully saturated rings. The summed E-state index contributed by atoms with van der Waals surface area (Å²) in [6.45, 7) is 9.99. The van der Waals surface area contributed by atoms with Crippen LogP contribution in [0.15, 0.2) is 18.7 Å². The zero-order valence-electron chi connectivity index (χ0n) is 12.3. The van der Waals surface area contributed by atoms with Crippen LogP contribution in [-0.2, 0) is 19.1 Å². The van der Waals surface area contributed by atoms with Crippen LogP contribution in [0, 0.1) is 0 Å². The Balaban J connectivity index is 0. The SMILES string of the molecule is CC(C)(C)OC=O.CCOC(=O)CC.c1c[nH]cn1. The fraction of sp³-hybridized carbons (Fsp3) is 0.615. The van der Waals surface area contributed by atoms with Gasteiger partial charge in [0.2, 0.25) is 0 Å². The summed E-state index contributed by atoms with van der Waals surface area (Å²) in [5.41, 5.74) is -0.318. The minimum absolute atomic E-state index is 0.123. The quantitative estimate of drug-likeness (QED) is 0.674. The van der Waals surface area contributed by atoms with E-state index in [0.29, 0.717) is 19.5 Å². The molecule has 6 heteroatoms. The summed E-state index contributed by atoms with van der Waals surface area (Å²) in [4.78, 5) is 26.2. The molecule has 0 aliphatic rings. The number of hydrogen-bond acceptors (Lipinski definition) is 5. The topological polar surface area (TPSA) is 81.3 Å². The second kappa shape index (κ2) is 12.6. The molecule has 0 saturated carbocycles. The van der Waals surface area contributed by atoms with Gasteiger partial charge in [0.25, 0.3) is 6.47 Å². The number of carbonyl (C=O) groups excluding carboxylic acids is 2. The molecule has 1 aromatic rings. The fourth-order valence-electron chi connectivity index (χ4n) is 0.623. The Morgan fingerprint density at radius 1 is 1.37 bits per heavy atom. The lowest BCUT2D eigenvalue weighted by Crippen LogP contribution is -2.17. The molecule has 0 radical (unpaired) electrons. The maximum Gasteiger partial charge on any atom is 0.305 e. The van der Waals surface area contributed by atoms with Crippen molar-refractivity contribution < 1.29 is 19.1 Å². The molecule has 1 rings (SSSR count). The van der Waals surface area contributed by atoms with E-state index in [1.54, 1.807) is 32.6 Å². The molecule has 1 N–H and O–H groups in total. The standard InChI is InChI=1S/2C5H10O2.C3H4N2/c1-5(2,3)7-4-6;1-3-5(6)7-4-2;1-2-5-3-4-1/h4H,1-3H3;3-4H2,1-2H3;1-3H,(H,4,5). The Hall–Kier alpha value is -1.85. The summed E-state index contributed by atoms with van der Waals surface area (Å²) in [7, 11) is 0. The molecular formula is C13H24N2O4. The van der Waals surface area contributed by atoms with Gasteiger partial charge in [0.1, 0.15) is 5.60 Å². The number of H-pyrrole nitrogens is 1. The summed E-state index contributed by atoms with van der Waals surface area (Å²) < 4.78 is 9.10. The van der Waals surface area contributed by atoms with E-state index in [0.717, 1.165) is 0 Å². The Morgan fingerprint density at radius 3 is 2.11 bits per heavy atom. The summed E-state index contributed by atoms with van der Waals surface area (Å²) >= 11 is 0. The molecule has 0 spiro atoms. The molecule has 6 nitrogen and oxygen atoms in total. The van der Waals surface area contributed by atoms with Crippen molar-refractivity contribution in [2.45, 2.75) is 46.6 Å². The molecule has 0 aromatic carbocycles. The third-order valence-electron chi connectivity index (χ3n) is 1.40. The van der Waals surface area contributed by atoms with Crippen LogP contribution >= 0.6 is 0 Å². The number of nitrogens with one attached hydrogen (secondary N) is 1. The van der Waals surface area contributed by atoms with Crippen LogP contribution in [0.3, 0.4) is 0 Å². The highest BCUT2D eigenvalue weighted by Gasteiger charge is 2.07. The van der Waals surface area contributed by atoms with Gasteiger partial charge >= 0.3 is 5.97 Å². The number of imidazole rings is 1. The van der Waals surface area contributed by atoms with Crippen LogP contribution in [-0.4, -0.2) is 34.6 Å². The Bertz CT molecular complexity index is 288. The van der Waals surface area contributed by atoms with Crippen LogP contribution in [0.25, 0.3) is 0 Å². The smallest absolute Gasteiger partial charge is 0.305 e. The Kier molecular flexibility index (Phi) is 12.9. The van der Waals surface area contributed by atoms with Crippen molar-refractivity contribution in [3.63, 3.8) is 0 Å². The lowest BCUT2D eigenvalue weighted by molar-refractivity contribution is -0.142. The van der Waals surface area contributed by atoms with Crippen molar-refractivity contribution in [3.05, 3.63) is 18.7 Å². The summed E-state index contributed by atoms with van der Waals surface area (Å²) in [6.07, 6.45) is 5.56. The number of aromatic nitrogens is 2. The predicted molar refractivity (Wildman–Crippen MR) is 72.4 cm³/mol. The van der Waals surface area contributed by atoms with E-state index in [2.05, 4.69) is 19.4 Å². The number of carbonyl (C=O) groups is 2. The fourth-order valence-corrected chi connectivity index (χ4v) is 0.623. The molecule has 19 heavy (non-hydrogen) atoms. The van der Waals surface area contributed by atoms with E-state index in [1.165, 1.54) is 0 Å². The first-order valence-electron chi connectivity index (χ1n) is 6.07. The van der Waals surface area contributed by atoms with Crippen molar-refractivity contribution in [2.75, 3.05) is 6.61 Å². The highest BCUT2D eigenvalue weighted by molar-refractivity contribution is 5.68. The van der Waals surface area contributed by atoms with Crippen LogP contribution in [0.1, 0.15) is 41.0 Å². The highest BCUT2D eigenvalue weighted by Crippen LogP contribution is 2.02. The van der Waals surface area contributed by atoms with Crippen molar-refractivity contribution in [1.82, 2.24) is 9.97 Å². The number of rotatable bonds is 3. The van der Waals surface area contributed by atoms with Gasteiger partial charge in [0.15, 0.2) is 0 Å². The number of hydrogen-bond donors (Lipinski definition) is 1. The van der Waals surface area contributed by atoms with E-state index in [4.69, 9.17) is 0 Å². The van der Waals surface area contributed by atoms with Crippen molar-refractivity contribution in [1.29, 1.82) is 0 Å². The van der Waals surface area contributed by atoms with Crippen molar-refractivity contribution in [2.24, 2.45) is 0 Å². The van der Waals surface area contributed by atoms with Gasteiger partial charge in [-0.05, 0) is 27.7 Å². The van der Waals surface area contributed by atoms with Crippen LogP contribution in [0.4, 0.5) is 0 Å². The molecule has 0 atom stereocenters. The van der Waals surface area contributed by atoms with E-state index in [9.17, 15) is 9.59 Å². The van der Waals surface area contributed by atoms with E-state index < -0.39 is 0 Å². The zero-order chi connectivity index (χ0) is 15.1. The normalized spacial score (nSPS) is 9.11. The first-order valence-corrected chi connectivity index (χ1v) is 6.07. The monoisotopic (exact) mass is 272 g/mol. The minimum atomic E-state index is -0.318. The molecule has 0 aliphatic carbocycles. The molecule has 0 unspecified atom stereocenters. The average molecular weight is 272 g/mol. The second-order valence-corrected chi connectivity index (χ2v) is 4.25. The molecule has 1 heterocycles. The van der Waals surface area contributed by atoms with Crippen LogP contribution in [0.2, 0.25) is 0 Å². The first kappa shape index (κ1) is 19.5. The molecule has 110 valence electrons. The van der Waals surface area contributed by atoms with Crippen LogP contribution < -0.4 is 0 Å². The molecule has 1 aromatic heterocycles. The van der Waals surface area contributed by atoms with Crippen LogP contribution in [0.5, 0.6) is 0 Å². The maximum absolute atomic E-state index is 10.2. The average Bonchev–Trinajstić information content (AvgIpc) is 2.87. The van der Waals surface area contributed by atoms with Gasteiger partial charge in [-0.2, -0.15) is 0 Å². The Morgan fingerprint density at radius 2 is 2.00 bits per heavy atom. The lowest BCUT2D eigenvalue weighted by Gasteiger charge is -2.14. The van der Waals surface area contributed by atoms with Gasteiger partial charge in [-0.25, -0.2) is 4.98 Å². The molecule has 0 aliphatic heterocycles. The Labute approximate surface area is 114 Å². The van der Waals surface area contributed by atoms with Gasteiger partial charge in [0.05, 0.1) is 12.9 Å². The minimum Gasteiger partial charge on any atom is -0.466 e. The molecule has 0 saturated heterocycles. The van der Waals surface area contributed by atoms with E-state index in [-0.39, 0.29) is 11.6 Å². The second-order valence-electron chi connectivity index (χ2n) is 4.25. The lowest BCUT2D eigenvalue weighted by atomic mass is 10.2. The largest absolute Gasteiger partial charge is 0.466 e. The molecular weight excluding hydrogens is 248 g/mol. The van der Waals surface area contributed by atoms with Gasteiger partial charge in [-0.15, -0.1) is 0 Å². The highest BCUT2D eigenvalue weighted by atomic mass is 16.5. The number of esters is 1.